The number of aromatic amines is 1. The number of nitrogens with zero attached hydrogens (tertiary/aromatic N) is 8. The normalized spacial score (nSPS) is 13.2. The summed E-state index contributed by atoms with van der Waals surface area (Å²) in [6.45, 7) is -0.610. The number of benzene rings is 6. The molecule has 0 fully saturated rings. The molecular formula is C39H29N11O21S7. The van der Waals surface area contributed by atoms with Crippen LogP contribution in [0.25, 0.3) is 37.4 Å². The molecule has 2 heterocycles. The first-order valence-electron chi connectivity index (χ1n) is 20.5. The van der Waals surface area contributed by atoms with Crippen molar-refractivity contribution in [1.29, 1.82) is 0 Å². The summed E-state index contributed by atoms with van der Waals surface area (Å²) in [5.74, 6) is -1.78. The van der Waals surface area contributed by atoms with Crippen molar-refractivity contribution in [2.24, 2.45) is 30.7 Å². The average Bonchev–Trinajstić information content (AvgIpc) is 4.07. The highest BCUT2D eigenvalue weighted by Crippen LogP contribution is 2.44. The summed E-state index contributed by atoms with van der Waals surface area (Å²) in [7, 11) is -31.3. The second kappa shape index (κ2) is 20.5. The Balaban J connectivity index is 1.16. The molecule has 0 saturated carbocycles. The van der Waals surface area contributed by atoms with Crippen LogP contribution < -0.4 is 16.2 Å². The Hall–Kier alpha value is -7.93. The number of phenols is 1. The summed E-state index contributed by atoms with van der Waals surface area (Å²) in [6.07, 6.45) is 0.808. The van der Waals surface area contributed by atoms with E-state index in [0.717, 1.165) is 53.9 Å². The Labute approximate surface area is 440 Å². The number of hydrogen-bond donors (Lipinski definition) is 10. The molecule has 39 heteroatoms. The second-order valence-corrected chi connectivity index (χ2v) is 25.2. The van der Waals surface area contributed by atoms with Gasteiger partial charge in [0, 0.05) is 28.1 Å². The van der Waals surface area contributed by atoms with Crippen molar-refractivity contribution < 1.29 is 87.7 Å². The third-order valence-electron chi connectivity index (χ3n) is 10.5. The molecule has 8 aromatic rings. The highest BCUT2D eigenvalue weighted by atomic mass is 32.2. The zero-order valence-electron chi connectivity index (χ0n) is 37.9. The molecule has 0 saturated heterocycles. The van der Waals surface area contributed by atoms with Crippen LogP contribution in [-0.4, -0.2) is 116 Å². The number of aromatic hydroxyl groups is 1. The van der Waals surface area contributed by atoms with Crippen molar-refractivity contribution in [2.45, 2.75) is 24.5 Å². The summed E-state index contributed by atoms with van der Waals surface area (Å²) >= 11 is 1.08. The van der Waals surface area contributed by atoms with Gasteiger partial charge in [0.2, 0.25) is 5.13 Å². The van der Waals surface area contributed by atoms with Crippen LogP contribution in [0.15, 0.2) is 151 Å². The SMILES string of the molecule is O=C(NCCS(=O)(=O)O)Nc1cc(N=Nc2ccc3c(S(=O)(=O)O)c(N=Nc4c[nH]n(-c5cc(S(=O)(=O)O)c6cc(S(=O)(=O)O)cc(S(=O)(=O)O)c6c5)c4=O)ccc3c2O)c(S(=O)(=O)O)cc1N=Nc1nc2ccccc2s1. The van der Waals surface area contributed by atoms with Gasteiger partial charge in [0.15, 0.2) is 11.4 Å². The molecule has 0 spiro atoms. The van der Waals surface area contributed by atoms with Gasteiger partial charge in [-0.25, -0.2) is 14.5 Å². The van der Waals surface area contributed by atoms with Crippen molar-refractivity contribution in [3.63, 3.8) is 0 Å². The van der Waals surface area contributed by atoms with Crippen LogP contribution in [0.3, 0.4) is 0 Å². The van der Waals surface area contributed by atoms with Gasteiger partial charge in [-0.2, -0.15) is 50.5 Å². The molecule has 8 rings (SSSR count). The number of aromatic nitrogens is 3. The van der Waals surface area contributed by atoms with E-state index in [2.05, 4.69) is 51.4 Å². The predicted molar refractivity (Wildman–Crippen MR) is 271 cm³/mol. The number of para-hydroxylation sites is 1. The van der Waals surface area contributed by atoms with E-state index in [1.807, 2.05) is 0 Å². The number of H-pyrrole nitrogens is 1. The van der Waals surface area contributed by atoms with E-state index in [-0.39, 0.29) is 16.9 Å². The fraction of sp³-hybridized carbons (Fsp3) is 0.0513. The molecule has 78 heavy (non-hydrogen) atoms. The summed E-state index contributed by atoms with van der Waals surface area (Å²) in [4.78, 5) is 24.9. The molecule has 0 aliphatic carbocycles. The number of nitrogens with one attached hydrogen (secondary N) is 3. The molecule has 0 radical (unpaired) electrons. The molecule has 0 aliphatic rings. The smallest absolute Gasteiger partial charge is 0.319 e. The zero-order chi connectivity index (χ0) is 57.1. The van der Waals surface area contributed by atoms with Crippen molar-refractivity contribution in [3.8, 4) is 11.4 Å². The number of carbonyl (C=O) groups is 1. The van der Waals surface area contributed by atoms with Gasteiger partial charge in [0.1, 0.15) is 42.3 Å². The minimum Gasteiger partial charge on any atom is -0.505 e. The highest BCUT2D eigenvalue weighted by Gasteiger charge is 2.28. The lowest BCUT2D eigenvalue weighted by Gasteiger charge is -2.12. The van der Waals surface area contributed by atoms with Crippen LogP contribution in [-0.2, 0) is 60.7 Å². The molecule has 32 nitrogen and oxygen atoms in total. The van der Waals surface area contributed by atoms with Crippen LogP contribution in [0.4, 0.5) is 44.1 Å². The second-order valence-electron chi connectivity index (χ2n) is 15.6. The summed E-state index contributed by atoms with van der Waals surface area (Å²) < 4.78 is 207. The Morgan fingerprint density at radius 3 is 1.82 bits per heavy atom. The number of urea groups is 1. The molecule has 0 unspecified atom stereocenters. The Morgan fingerprint density at radius 2 is 1.18 bits per heavy atom. The van der Waals surface area contributed by atoms with Crippen molar-refractivity contribution in [1.82, 2.24) is 20.1 Å². The van der Waals surface area contributed by atoms with Crippen LogP contribution >= 0.6 is 11.3 Å². The standard InChI is InChI=1S/C39H29N11O21S7/c51-35-20-5-8-26(45-48-30-17-41-50(37(30)52)18-11-22-23(32(12-18)75(60,61)62)13-19(74(57,58)59)14-33(22)76(63,64)65)36(78(69,70)71)21(20)6-7-25(35)44-47-29-15-27(42-38(53)40-9-10-73(54,55)56)28(16-34(29)77(66,67)68)46-49-39-43-24-3-1-2-4-31(24)72-39/h1-8,11-17,41,51H,9-10H2,(H2,40,42,53)(H,54,55,56)(H,57,58,59)(H,60,61,62)(H,63,64,65)(H,66,67,68)(H,69,70,71). The van der Waals surface area contributed by atoms with Crippen molar-refractivity contribution >= 4 is 149 Å². The maximum Gasteiger partial charge on any atom is 0.319 e. The maximum absolute atomic E-state index is 13.6. The number of rotatable bonds is 16. The minimum absolute atomic E-state index is 0.0638. The van der Waals surface area contributed by atoms with Crippen LogP contribution in [0.5, 0.6) is 5.75 Å². The van der Waals surface area contributed by atoms with Gasteiger partial charge >= 0.3 is 6.03 Å². The lowest BCUT2D eigenvalue weighted by Crippen LogP contribution is -2.32. The van der Waals surface area contributed by atoms with E-state index in [9.17, 15) is 88.0 Å². The monoisotopic (exact) mass is 1210 g/mol. The van der Waals surface area contributed by atoms with E-state index in [0.29, 0.717) is 33.1 Å². The number of amides is 2. The predicted octanol–water partition coefficient (Wildman–Crippen LogP) is 6.28. The topological polar surface area (TPSA) is 512 Å². The molecule has 10 N–H and O–H groups in total. The van der Waals surface area contributed by atoms with E-state index in [1.165, 1.54) is 0 Å². The first-order valence-corrected chi connectivity index (χ1v) is 30.2. The molecule has 0 bridgehead atoms. The van der Waals surface area contributed by atoms with Gasteiger partial charge in [-0.1, -0.05) is 29.5 Å². The third-order valence-corrected chi connectivity index (χ3v) is 16.5. The van der Waals surface area contributed by atoms with Crippen LogP contribution in [0, 0.1) is 0 Å². The first kappa shape index (κ1) is 56.3. The summed E-state index contributed by atoms with van der Waals surface area (Å²) in [5.41, 5.74) is -4.82. The number of fused-ring (bicyclic) bond motifs is 3. The van der Waals surface area contributed by atoms with E-state index in [4.69, 9.17) is 4.55 Å². The lowest BCUT2D eigenvalue weighted by molar-refractivity contribution is 0.252. The number of carbonyl (C=O) groups excluding carboxylic acids is 1. The lowest BCUT2D eigenvalue weighted by atomic mass is 10.1. The van der Waals surface area contributed by atoms with Crippen LogP contribution in [0.2, 0.25) is 0 Å². The third kappa shape index (κ3) is 12.3. The Morgan fingerprint density at radius 1 is 0.590 bits per heavy atom. The van der Waals surface area contributed by atoms with Crippen LogP contribution in [0.1, 0.15) is 0 Å². The average molecular weight is 1210 g/mol. The largest absolute Gasteiger partial charge is 0.505 e. The number of azo groups is 3. The summed E-state index contributed by atoms with van der Waals surface area (Å²) in [5, 5.41) is 38.7. The number of thiazole rings is 1. The molecular weight excluding hydrogens is 1180 g/mol. The van der Waals surface area contributed by atoms with Gasteiger partial charge < -0.3 is 15.7 Å². The van der Waals surface area contributed by atoms with Gasteiger partial charge in [-0.05, 0) is 66.7 Å². The Bertz CT molecular complexity index is 4720. The van der Waals surface area contributed by atoms with E-state index < -0.39 is 170 Å². The number of hydrogen-bond acceptors (Lipinski definition) is 23. The van der Waals surface area contributed by atoms with Gasteiger partial charge in [0.25, 0.3) is 66.3 Å². The minimum atomic E-state index is -5.44. The first-order chi connectivity index (χ1) is 36.2. The number of anilines is 1. The molecule has 2 aromatic heterocycles. The molecule has 2 amide bonds. The molecule has 0 aliphatic heterocycles. The Kier molecular flexibility index (Phi) is 14.8. The molecule has 6 aromatic carbocycles. The molecule has 408 valence electrons. The fourth-order valence-corrected chi connectivity index (χ4v) is 11.8. The number of phenolic OH excluding ortho intramolecular Hbond substituents is 1. The van der Waals surface area contributed by atoms with E-state index >= 15 is 0 Å². The quantitative estimate of drug-likeness (QED) is 0.0376. The van der Waals surface area contributed by atoms with Crippen molar-refractivity contribution in [3.05, 3.63) is 101 Å². The molecule has 0 atom stereocenters. The van der Waals surface area contributed by atoms with Gasteiger partial charge in [-0.3, -0.25) is 37.2 Å². The fourth-order valence-electron chi connectivity index (χ4n) is 7.15. The zero-order valence-corrected chi connectivity index (χ0v) is 43.6. The highest BCUT2D eigenvalue weighted by molar-refractivity contribution is 7.87. The van der Waals surface area contributed by atoms with Crippen molar-refractivity contribution in [2.75, 3.05) is 17.6 Å². The maximum atomic E-state index is 13.6. The summed E-state index contributed by atoms with van der Waals surface area (Å²) in [6, 6.07) is 13.0. The van der Waals surface area contributed by atoms with E-state index in [1.54, 1.807) is 24.3 Å². The van der Waals surface area contributed by atoms with Gasteiger partial charge in [-0.15, -0.1) is 30.7 Å². The van der Waals surface area contributed by atoms with Gasteiger partial charge in [0.05, 0.1) is 38.4 Å².